The second kappa shape index (κ2) is 11.7. The van der Waals surface area contributed by atoms with Crippen molar-refractivity contribution in [1.82, 2.24) is 4.90 Å². The van der Waals surface area contributed by atoms with E-state index in [-0.39, 0.29) is 27.3 Å². The van der Waals surface area contributed by atoms with Gasteiger partial charge in [-0.15, -0.1) is 0 Å². The molecule has 1 heterocycles. The van der Waals surface area contributed by atoms with E-state index in [2.05, 4.69) is 11.4 Å². The van der Waals surface area contributed by atoms with E-state index < -0.39 is 23.6 Å². The smallest absolute Gasteiger partial charge is 0.294 e. The minimum Gasteiger partial charge on any atom is -0.486 e. The van der Waals surface area contributed by atoms with Gasteiger partial charge in [0.05, 0.1) is 37.3 Å². The average molecular weight is 573 g/mol. The van der Waals surface area contributed by atoms with Gasteiger partial charge in [0.1, 0.15) is 13.2 Å². The molecule has 3 amide bonds. The standard InChI is InChI=1S/C26H16Cl3N3O4S/c27-18-7-3-4-8-21(18)31-23(33)13-32-25(34)22(37-26(32)35)11-15-9-19(28)24(20(29)10-15)36-14-17-6-2-1-5-16(17)12-30/h1-11H,13-14H2,(H,31,33)/b22-11+. The fourth-order valence-electron chi connectivity index (χ4n) is 3.39. The van der Waals surface area contributed by atoms with Gasteiger partial charge in [-0.2, -0.15) is 5.26 Å². The molecule has 0 atom stereocenters. The van der Waals surface area contributed by atoms with Crippen molar-refractivity contribution in [2.45, 2.75) is 6.61 Å². The SMILES string of the molecule is N#Cc1ccccc1COc1c(Cl)cc(/C=C2/SC(=O)N(CC(=O)Nc3ccccc3Cl)C2=O)cc1Cl. The molecule has 1 aliphatic rings. The highest BCUT2D eigenvalue weighted by Crippen LogP contribution is 2.38. The van der Waals surface area contributed by atoms with E-state index in [1.807, 2.05) is 0 Å². The van der Waals surface area contributed by atoms with Crippen molar-refractivity contribution in [3.63, 3.8) is 0 Å². The van der Waals surface area contributed by atoms with Gasteiger partial charge in [0.15, 0.2) is 5.75 Å². The Kier molecular flexibility index (Phi) is 8.41. The molecule has 0 radical (unpaired) electrons. The van der Waals surface area contributed by atoms with E-state index in [9.17, 15) is 19.6 Å². The summed E-state index contributed by atoms with van der Waals surface area (Å²) in [6.45, 7) is -0.386. The lowest BCUT2D eigenvalue weighted by atomic mass is 10.1. The summed E-state index contributed by atoms with van der Waals surface area (Å²) < 4.78 is 5.75. The van der Waals surface area contributed by atoms with Crippen LogP contribution in [0.4, 0.5) is 10.5 Å². The first-order valence-electron chi connectivity index (χ1n) is 10.7. The number of ether oxygens (including phenoxy) is 1. The number of carbonyl (C=O) groups is 3. The monoisotopic (exact) mass is 571 g/mol. The van der Waals surface area contributed by atoms with Crippen LogP contribution >= 0.6 is 46.6 Å². The van der Waals surface area contributed by atoms with Crippen LogP contribution in [0.25, 0.3) is 6.08 Å². The van der Waals surface area contributed by atoms with Crippen molar-refractivity contribution in [3.05, 3.63) is 97.3 Å². The number of amides is 3. The molecule has 186 valence electrons. The molecule has 1 fully saturated rings. The number of nitrogens with one attached hydrogen (secondary N) is 1. The van der Waals surface area contributed by atoms with Crippen LogP contribution < -0.4 is 10.1 Å². The van der Waals surface area contributed by atoms with Crippen LogP contribution in [0.1, 0.15) is 16.7 Å². The molecule has 3 aromatic carbocycles. The third kappa shape index (κ3) is 6.27. The van der Waals surface area contributed by atoms with E-state index in [4.69, 9.17) is 39.5 Å². The van der Waals surface area contributed by atoms with Gasteiger partial charge < -0.3 is 10.1 Å². The number of halogens is 3. The van der Waals surface area contributed by atoms with E-state index >= 15 is 0 Å². The topological polar surface area (TPSA) is 99.5 Å². The van der Waals surface area contributed by atoms with Gasteiger partial charge in [0.2, 0.25) is 5.91 Å². The number of nitrogens with zero attached hydrogens (tertiary/aromatic N) is 2. The van der Waals surface area contributed by atoms with Crippen LogP contribution in [-0.2, 0) is 16.2 Å². The summed E-state index contributed by atoms with van der Waals surface area (Å²) in [5, 5.41) is 11.9. The highest BCUT2D eigenvalue weighted by molar-refractivity contribution is 8.18. The van der Waals surface area contributed by atoms with Gasteiger partial charge in [-0.3, -0.25) is 19.3 Å². The molecule has 4 rings (SSSR count). The van der Waals surface area contributed by atoms with Gasteiger partial charge in [-0.1, -0.05) is 65.1 Å². The summed E-state index contributed by atoms with van der Waals surface area (Å²) in [5.41, 5.74) is 1.99. The summed E-state index contributed by atoms with van der Waals surface area (Å²) in [5.74, 6) is -0.968. The first kappa shape index (κ1) is 26.6. The molecule has 0 aromatic heterocycles. The summed E-state index contributed by atoms with van der Waals surface area (Å²) in [6, 6.07) is 18.8. The van der Waals surface area contributed by atoms with Crippen LogP contribution in [0, 0.1) is 11.3 Å². The maximum Gasteiger partial charge on any atom is 0.294 e. The molecule has 1 N–H and O–H groups in total. The highest BCUT2D eigenvalue weighted by Gasteiger charge is 2.36. The second-order valence-corrected chi connectivity index (χ2v) is 9.88. The summed E-state index contributed by atoms with van der Waals surface area (Å²) in [4.78, 5) is 38.6. The van der Waals surface area contributed by atoms with Crippen molar-refractivity contribution in [2.75, 3.05) is 11.9 Å². The van der Waals surface area contributed by atoms with Crippen molar-refractivity contribution < 1.29 is 19.1 Å². The minimum atomic E-state index is -0.620. The van der Waals surface area contributed by atoms with Gasteiger partial charge in [-0.05, 0) is 53.7 Å². The molecule has 1 saturated heterocycles. The average Bonchev–Trinajstić information content (AvgIpc) is 3.12. The molecule has 1 aliphatic heterocycles. The first-order chi connectivity index (χ1) is 17.8. The molecule has 11 heteroatoms. The molecule has 0 aliphatic carbocycles. The summed E-state index contributed by atoms with van der Waals surface area (Å²) in [6.07, 6.45) is 1.46. The van der Waals surface area contributed by atoms with E-state index in [0.29, 0.717) is 39.2 Å². The number of thioether (sulfide) groups is 1. The normalized spacial score (nSPS) is 14.1. The highest BCUT2D eigenvalue weighted by atomic mass is 35.5. The second-order valence-electron chi connectivity index (χ2n) is 7.67. The Morgan fingerprint density at radius 3 is 2.41 bits per heavy atom. The van der Waals surface area contributed by atoms with Crippen molar-refractivity contribution >= 4 is 75.4 Å². The first-order valence-corrected chi connectivity index (χ1v) is 12.6. The quantitative estimate of drug-likeness (QED) is 0.314. The molecule has 0 unspecified atom stereocenters. The molecular weight excluding hydrogens is 557 g/mol. The Labute approximate surface area is 231 Å². The fraction of sp³-hybridized carbons (Fsp3) is 0.0769. The molecular formula is C26H16Cl3N3O4S. The van der Waals surface area contributed by atoms with Gasteiger partial charge >= 0.3 is 0 Å². The van der Waals surface area contributed by atoms with Crippen LogP contribution in [0.3, 0.4) is 0 Å². The zero-order valence-electron chi connectivity index (χ0n) is 18.8. The van der Waals surface area contributed by atoms with E-state index in [1.165, 1.54) is 18.2 Å². The zero-order valence-corrected chi connectivity index (χ0v) is 21.9. The van der Waals surface area contributed by atoms with Crippen LogP contribution in [-0.4, -0.2) is 28.5 Å². The maximum atomic E-state index is 12.8. The Morgan fingerprint density at radius 2 is 1.70 bits per heavy atom. The van der Waals surface area contributed by atoms with Crippen LogP contribution in [0.15, 0.2) is 65.6 Å². The third-order valence-electron chi connectivity index (χ3n) is 5.15. The number of anilines is 1. The number of nitriles is 1. The number of hydrogen-bond donors (Lipinski definition) is 1. The molecule has 0 saturated carbocycles. The van der Waals surface area contributed by atoms with Crippen molar-refractivity contribution in [3.8, 4) is 11.8 Å². The van der Waals surface area contributed by atoms with Crippen molar-refractivity contribution in [1.29, 1.82) is 5.26 Å². The summed E-state index contributed by atoms with van der Waals surface area (Å²) in [7, 11) is 0. The molecule has 3 aromatic rings. The van der Waals surface area contributed by atoms with Crippen LogP contribution in [0.5, 0.6) is 5.75 Å². The van der Waals surface area contributed by atoms with Crippen LogP contribution in [0.2, 0.25) is 15.1 Å². The lowest BCUT2D eigenvalue weighted by Gasteiger charge is -2.13. The number of para-hydroxylation sites is 1. The minimum absolute atomic E-state index is 0.0810. The van der Waals surface area contributed by atoms with Crippen molar-refractivity contribution in [2.24, 2.45) is 0 Å². The van der Waals surface area contributed by atoms with Gasteiger partial charge in [0.25, 0.3) is 11.1 Å². The Hall–Kier alpha value is -3.48. The molecule has 7 nitrogen and oxygen atoms in total. The van der Waals surface area contributed by atoms with E-state index in [1.54, 1.807) is 48.5 Å². The molecule has 37 heavy (non-hydrogen) atoms. The Morgan fingerprint density at radius 1 is 1.03 bits per heavy atom. The number of hydrogen-bond acceptors (Lipinski definition) is 6. The largest absolute Gasteiger partial charge is 0.486 e. The zero-order chi connectivity index (χ0) is 26.5. The third-order valence-corrected chi connectivity index (χ3v) is 6.95. The maximum absolute atomic E-state index is 12.8. The number of carbonyl (C=O) groups excluding carboxylic acids is 3. The lowest BCUT2D eigenvalue weighted by Crippen LogP contribution is -2.36. The fourth-order valence-corrected chi connectivity index (χ4v) is 5.02. The Bertz CT molecular complexity index is 1460. The molecule has 0 bridgehead atoms. The van der Waals surface area contributed by atoms with Gasteiger partial charge in [-0.25, -0.2) is 0 Å². The van der Waals surface area contributed by atoms with E-state index in [0.717, 1.165) is 4.90 Å². The van der Waals surface area contributed by atoms with Gasteiger partial charge in [0, 0.05) is 5.56 Å². The molecule has 0 spiro atoms. The number of imide groups is 1. The Balaban J connectivity index is 1.46. The predicted molar refractivity (Wildman–Crippen MR) is 145 cm³/mol. The lowest BCUT2D eigenvalue weighted by molar-refractivity contribution is -0.127. The predicted octanol–water partition coefficient (Wildman–Crippen LogP) is 6.77. The number of rotatable bonds is 7. The number of benzene rings is 3. The summed E-state index contributed by atoms with van der Waals surface area (Å²) >= 11 is 19.5.